The fourth-order valence-electron chi connectivity index (χ4n) is 2.14. The fraction of sp³-hybridized carbons (Fsp3) is 0.692. The molecule has 19 heavy (non-hydrogen) atoms. The van der Waals surface area contributed by atoms with E-state index in [1.807, 2.05) is 14.1 Å². The molecule has 1 atom stereocenters. The quantitative estimate of drug-likeness (QED) is 0.745. The molecule has 2 N–H and O–H groups in total. The minimum Gasteiger partial charge on any atom is -0.446 e. The lowest BCUT2D eigenvalue weighted by molar-refractivity contribution is 0.0947. The van der Waals surface area contributed by atoms with E-state index in [9.17, 15) is 4.79 Å². The van der Waals surface area contributed by atoms with Gasteiger partial charge in [0.2, 0.25) is 5.89 Å². The van der Waals surface area contributed by atoms with Crippen molar-refractivity contribution in [2.45, 2.75) is 25.3 Å². The van der Waals surface area contributed by atoms with Gasteiger partial charge in [-0.15, -0.1) is 0 Å². The van der Waals surface area contributed by atoms with E-state index in [1.165, 1.54) is 6.26 Å². The van der Waals surface area contributed by atoms with E-state index in [1.54, 1.807) is 0 Å². The zero-order chi connectivity index (χ0) is 13.7. The van der Waals surface area contributed by atoms with Gasteiger partial charge in [0.15, 0.2) is 5.69 Å². The molecule has 6 nitrogen and oxygen atoms in total. The van der Waals surface area contributed by atoms with Gasteiger partial charge in [-0.25, -0.2) is 4.98 Å². The third-order valence-corrected chi connectivity index (χ3v) is 3.18. The lowest BCUT2D eigenvalue weighted by atomic mass is 10.2. The third-order valence-electron chi connectivity index (χ3n) is 3.18. The summed E-state index contributed by atoms with van der Waals surface area (Å²) < 4.78 is 5.37. The van der Waals surface area contributed by atoms with E-state index in [0.29, 0.717) is 18.1 Å². The molecule has 6 heteroatoms. The molecule has 1 aliphatic heterocycles. The second-order valence-corrected chi connectivity index (χ2v) is 5.13. The molecular formula is C13H22N4O2. The molecular weight excluding hydrogens is 244 g/mol. The molecule has 1 fully saturated rings. The number of oxazole rings is 1. The zero-order valence-electron chi connectivity index (χ0n) is 11.6. The van der Waals surface area contributed by atoms with Crippen molar-refractivity contribution in [3.8, 4) is 0 Å². The average Bonchev–Trinajstić information content (AvgIpc) is 3.03. The Hall–Kier alpha value is -1.40. The van der Waals surface area contributed by atoms with Crippen LogP contribution in [-0.4, -0.2) is 49.5 Å². The van der Waals surface area contributed by atoms with Crippen molar-refractivity contribution >= 4 is 5.91 Å². The largest absolute Gasteiger partial charge is 0.446 e. The number of carbonyl (C=O) groups excluding carboxylic acids is 1. The van der Waals surface area contributed by atoms with E-state index in [2.05, 4.69) is 20.5 Å². The van der Waals surface area contributed by atoms with Gasteiger partial charge in [-0.05, 0) is 46.4 Å². The number of rotatable bonds is 6. The van der Waals surface area contributed by atoms with Crippen LogP contribution < -0.4 is 10.6 Å². The van der Waals surface area contributed by atoms with Crippen LogP contribution in [0.2, 0.25) is 0 Å². The molecule has 0 bridgehead atoms. The van der Waals surface area contributed by atoms with Crippen LogP contribution in [-0.2, 0) is 0 Å². The maximum atomic E-state index is 11.8. The average molecular weight is 266 g/mol. The van der Waals surface area contributed by atoms with Crippen molar-refractivity contribution in [2.24, 2.45) is 0 Å². The van der Waals surface area contributed by atoms with Crippen molar-refractivity contribution in [2.75, 3.05) is 33.7 Å². The molecule has 0 saturated carbocycles. The topological polar surface area (TPSA) is 70.4 Å². The van der Waals surface area contributed by atoms with Gasteiger partial charge in [0.05, 0.1) is 6.04 Å². The van der Waals surface area contributed by atoms with Crippen LogP contribution in [0.25, 0.3) is 0 Å². The van der Waals surface area contributed by atoms with Gasteiger partial charge in [-0.2, -0.15) is 0 Å². The summed E-state index contributed by atoms with van der Waals surface area (Å²) in [6.07, 6.45) is 4.51. The van der Waals surface area contributed by atoms with E-state index < -0.39 is 0 Å². The van der Waals surface area contributed by atoms with Gasteiger partial charge < -0.3 is 20.0 Å². The Morgan fingerprint density at radius 2 is 2.47 bits per heavy atom. The van der Waals surface area contributed by atoms with Crippen LogP contribution in [0.4, 0.5) is 0 Å². The minimum atomic E-state index is -0.160. The highest BCUT2D eigenvalue weighted by Gasteiger charge is 2.22. The van der Waals surface area contributed by atoms with E-state index >= 15 is 0 Å². The maximum absolute atomic E-state index is 11.8. The fourth-order valence-corrected chi connectivity index (χ4v) is 2.14. The molecule has 1 aromatic heterocycles. The normalized spacial score (nSPS) is 19.0. The summed E-state index contributed by atoms with van der Waals surface area (Å²) in [4.78, 5) is 18.2. The first-order valence-corrected chi connectivity index (χ1v) is 6.78. The Kier molecular flexibility index (Phi) is 4.93. The van der Waals surface area contributed by atoms with E-state index in [4.69, 9.17) is 4.42 Å². The van der Waals surface area contributed by atoms with Crippen molar-refractivity contribution < 1.29 is 9.21 Å². The lowest BCUT2D eigenvalue weighted by Crippen LogP contribution is -2.27. The smallest absolute Gasteiger partial charge is 0.273 e. The van der Waals surface area contributed by atoms with Crippen molar-refractivity contribution in [3.63, 3.8) is 0 Å². The van der Waals surface area contributed by atoms with Gasteiger partial charge in [0.1, 0.15) is 6.26 Å². The standard InChI is InChI=1S/C13H22N4O2/c1-17(2)8-4-7-15-12(18)11-9-19-13(16-11)10-5-3-6-14-10/h9-10,14H,3-8H2,1-2H3,(H,15,18). The first-order chi connectivity index (χ1) is 9.16. The molecule has 1 unspecified atom stereocenters. The number of carbonyl (C=O) groups is 1. The number of hydrogen-bond donors (Lipinski definition) is 2. The molecule has 1 aliphatic rings. The number of nitrogens with zero attached hydrogens (tertiary/aromatic N) is 2. The van der Waals surface area contributed by atoms with Crippen LogP contribution in [0.5, 0.6) is 0 Å². The van der Waals surface area contributed by atoms with Crippen LogP contribution >= 0.6 is 0 Å². The summed E-state index contributed by atoms with van der Waals surface area (Å²) in [5.74, 6) is 0.461. The Morgan fingerprint density at radius 1 is 1.63 bits per heavy atom. The highest BCUT2D eigenvalue weighted by Crippen LogP contribution is 2.21. The van der Waals surface area contributed by atoms with Crippen molar-refractivity contribution in [3.05, 3.63) is 17.8 Å². The van der Waals surface area contributed by atoms with Gasteiger partial charge in [-0.3, -0.25) is 4.79 Å². The summed E-state index contributed by atoms with van der Waals surface area (Å²) in [6.45, 7) is 2.59. The first-order valence-electron chi connectivity index (χ1n) is 6.78. The van der Waals surface area contributed by atoms with Crippen LogP contribution in [0.15, 0.2) is 10.7 Å². The highest BCUT2D eigenvalue weighted by atomic mass is 16.3. The van der Waals surface area contributed by atoms with Gasteiger partial charge in [-0.1, -0.05) is 0 Å². The number of hydrogen-bond acceptors (Lipinski definition) is 5. The molecule has 0 spiro atoms. The summed E-state index contributed by atoms with van der Waals surface area (Å²) in [5.41, 5.74) is 0.369. The molecule has 0 aromatic carbocycles. The summed E-state index contributed by atoms with van der Waals surface area (Å²) >= 11 is 0. The Balaban J connectivity index is 1.79. The minimum absolute atomic E-state index is 0.160. The maximum Gasteiger partial charge on any atom is 0.273 e. The predicted octanol–water partition coefficient (Wildman–Crippen LogP) is 0.781. The molecule has 2 rings (SSSR count). The van der Waals surface area contributed by atoms with Crippen molar-refractivity contribution in [1.82, 2.24) is 20.5 Å². The molecule has 0 aliphatic carbocycles. The predicted molar refractivity (Wildman–Crippen MR) is 72.0 cm³/mol. The van der Waals surface area contributed by atoms with E-state index in [0.717, 1.165) is 32.4 Å². The summed E-state index contributed by atoms with van der Waals surface area (Å²) in [6, 6.07) is 0.162. The number of amides is 1. The van der Waals surface area contributed by atoms with Crippen molar-refractivity contribution in [1.29, 1.82) is 0 Å². The van der Waals surface area contributed by atoms with E-state index in [-0.39, 0.29) is 11.9 Å². The van der Waals surface area contributed by atoms with Gasteiger partial charge in [0.25, 0.3) is 5.91 Å². The summed E-state index contributed by atoms with van der Waals surface area (Å²) in [7, 11) is 4.03. The van der Waals surface area contributed by atoms with Gasteiger partial charge >= 0.3 is 0 Å². The SMILES string of the molecule is CN(C)CCCNC(=O)c1coc(C2CCCN2)n1. The first kappa shape index (κ1) is 14.0. The summed E-state index contributed by atoms with van der Waals surface area (Å²) in [5, 5.41) is 6.15. The zero-order valence-corrected chi connectivity index (χ0v) is 11.6. The second-order valence-electron chi connectivity index (χ2n) is 5.13. The highest BCUT2D eigenvalue weighted by molar-refractivity contribution is 5.91. The molecule has 1 amide bonds. The molecule has 0 radical (unpaired) electrons. The Bertz CT molecular complexity index is 411. The number of aromatic nitrogens is 1. The lowest BCUT2D eigenvalue weighted by Gasteiger charge is -2.09. The third kappa shape index (κ3) is 4.04. The number of nitrogens with one attached hydrogen (secondary N) is 2. The molecule has 106 valence electrons. The van der Waals surface area contributed by atoms with Crippen LogP contribution in [0.1, 0.15) is 41.7 Å². The molecule has 1 saturated heterocycles. The molecule has 2 heterocycles. The van der Waals surface area contributed by atoms with Gasteiger partial charge in [0, 0.05) is 6.54 Å². The van der Waals surface area contributed by atoms with Crippen LogP contribution in [0, 0.1) is 0 Å². The Morgan fingerprint density at radius 3 is 3.16 bits per heavy atom. The second kappa shape index (κ2) is 6.68. The Labute approximate surface area is 113 Å². The van der Waals surface area contributed by atoms with Crippen LogP contribution in [0.3, 0.4) is 0 Å². The monoisotopic (exact) mass is 266 g/mol. The molecule has 1 aromatic rings.